The third-order valence-electron chi connectivity index (χ3n) is 3.21. The summed E-state index contributed by atoms with van der Waals surface area (Å²) in [6, 6.07) is 8.42. The van der Waals surface area contributed by atoms with Gasteiger partial charge in [-0.25, -0.2) is 0 Å². The van der Waals surface area contributed by atoms with Crippen LogP contribution in [0.5, 0.6) is 0 Å². The number of benzene rings is 1. The fourth-order valence-electron chi connectivity index (χ4n) is 2.08. The normalized spacial score (nSPS) is 12.5. The van der Waals surface area contributed by atoms with Crippen LogP contribution in [0.25, 0.3) is 0 Å². The van der Waals surface area contributed by atoms with E-state index in [9.17, 15) is 4.79 Å². The minimum atomic E-state index is -0.737. The monoisotopic (exact) mass is 263 g/mol. The molecular weight excluding hydrogens is 238 g/mol. The summed E-state index contributed by atoms with van der Waals surface area (Å²) in [5, 5.41) is 9.07. The fraction of sp³-hybridized carbons (Fsp3) is 0.562. The molecule has 3 nitrogen and oxygen atoms in total. The molecule has 1 aromatic carbocycles. The highest BCUT2D eigenvalue weighted by molar-refractivity contribution is 5.70. The van der Waals surface area contributed by atoms with Crippen molar-refractivity contribution in [3.05, 3.63) is 29.8 Å². The van der Waals surface area contributed by atoms with Crippen LogP contribution in [0.15, 0.2) is 24.3 Å². The van der Waals surface area contributed by atoms with Crippen LogP contribution in [0.4, 0.5) is 5.69 Å². The predicted octanol–water partition coefficient (Wildman–Crippen LogP) is 3.43. The van der Waals surface area contributed by atoms with E-state index in [1.807, 2.05) is 0 Å². The van der Waals surface area contributed by atoms with Crippen molar-refractivity contribution >= 4 is 11.7 Å². The smallest absolute Gasteiger partial charge is 0.308 e. The third kappa shape index (κ3) is 4.93. The van der Waals surface area contributed by atoms with Gasteiger partial charge in [-0.15, -0.1) is 0 Å². The van der Waals surface area contributed by atoms with Gasteiger partial charge < -0.3 is 10.0 Å². The maximum atomic E-state index is 11.0. The van der Waals surface area contributed by atoms with Gasteiger partial charge in [-0.2, -0.15) is 0 Å². The Morgan fingerprint density at radius 2 is 1.74 bits per heavy atom. The molecule has 0 aliphatic carbocycles. The zero-order valence-corrected chi connectivity index (χ0v) is 12.4. The minimum Gasteiger partial charge on any atom is -0.481 e. The van der Waals surface area contributed by atoms with Gasteiger partial charge in [0.1, 0.15) is 0 Å². The summed E-state index contributed by atoms with van der Waals surface area (Å²) in [4.78, 5) is 13.2. The molecule has 0 radical (unpaired) electrons. The molecule has 1 rings (SSSR count). The van der Waals surface area contributed by atoms with Gasteiger partial charge in [-0.3, -0.25) is 4.79 Å². The summed E-state index contributed by atoms with van der Waals surface area (Å²) in [7, 11) is 0. The summed E-state index contributed by atoms with van der Waals surface area (Å²) >= 11 is 0. The molecule has 0 spiro atoms. The fourth-order valence-corrected chi connectivity index (χ4v) is 2.08. The summed E-state index contributed by atoms with van der Waals surface area (Å²) in [5.41, 5.74) is 2.42. The number of aliphatic carboxylic acids is 1. The molecule has 0 saturated carbocycles. The number of carboxylic acid groups (broad SMARTS) is 1. The number of nitrogens with zero attached hydrogens (tertiary/aromatic N) is 1. The van der Waals surface area contributed by atoms with Crippen LogP contribution in [0.1, 0.15) is 33.3 Å². The van der Waals surface area contributed by atoms with Gasteiger partial charge in [0.2, 0.25) is 0 Å². The molecule has 1 aromatic rings. The molecule has 0 heterocycles. The quantitative estimate of drug-likeness (QED) is 0.819. The first-order valence-corrected chi connectivity index (χ1v) is 7.00. The molecule has 1 atom stereocenters. The van der Waals surface area contributed by atoms with Gasteiger partial charge in [-0.1, -0.05) is 39.8 Å². The molecule has 0 bridgehead atoms. The predicted molar refractivity (Wildman–Crippen MR) is 79.7 cm³/mol. The van der Waals surface area contributed by atoms with Crippen LogP contribution in [0.2, 0.25) is 0 Å². The lowest BCUT2D eigenvalue weighted by atomic mass is 10.1. The van der Waals surface area contributed by atoms with Gasteiger partial charge in [0.05, 0.1) is 5.92 Å². The van der Waals surface area contributed by atoms with Crippen molar-refractivity contribution < 1.29 is 9.90 Å². The second kappa shape index (κ2) is 7.17. The van der Waals surface area contributed by atoms with Gasteiger partial charge >= 0.3 is 5.97 Å². The average molecular weight is 263 g/mol. The first kappa shape index (κ1) is 15.5. The van der Waals surface area contributed by atoms with Gasteiger partial charge in [0, 0.05) is 18.8 Å². The van der Waals surface area contributed by atoms with Crippen molar-refractivity contribution in [3.63, 3.8) is 0 Å². The number of carboxylic acids is 1. The van der Waals surface area contributed by atoms with E-state index in [2.05, 4.69) is 49.9 Å². The molecule has 0 aliphatic heterocycles. The summed E-state index contributed by atoms with van der Waals surface area (Å²) < 4.78 is 0. The SMILES string of the molecule is CCc1ccc(N(CC(C)C)CC(C)C(=O)O)cc1. The number of aryl methyl sites for hydroxylation is 1. The molecule has 0 amide bonds. The van der Waals surface area contributed by atoms with E-state index >= 15 is 0 Å². The lowest BCUT2D eigenvalue weighted by molar-refractivity contribution is -0.140. The maximum Gasteiger partial charge on any atom is 0.308 e. The van der Waals surface area contributed by atoms with Crippen LogP contribution >= 0.6 is 0 Å². The van der Waals surface area contributed by atoms with Crippen molar-refractivity contribution in [2.45, 2.75) is 34.1 Å². The molecular formula is C16H25NO2. The third-order valence-corrected chi connectivity index (χ3v) is 3.21. The van der Waals surface area contributed by atoms with E-state index in [4.69, 9.17) is 5.11 Å². The van der Waals surface area contributed by atoms with Crippen molar-refractivity contribution in [2.24, 2.45) is 11.8 Å². The first-order chi connectivity index (χ1) is 8.93. The summed E-state index contributed by atoms with van der Waals surface area (Å²) in [6.07, 6.45) is 1.02. The highest BCUT2D eigenvalue weighted by Gasteiger charge is 2.17. The molecule has 106 valence electrons. The number of carbonyl (C=O) groups is 1. The minimum absolute atomic E-state index is 0.357. The lowest BCUT2D eigenvalue weighted by Gasteiger charge is -2.28. The van der Waals surface area contributed by atoms with Gasteiger partial charge in [0.15, 0.2) is 0 Å². The Morgan fingerprint density at radius 1 is 1.16 bits per heavy atom. The molecule has 1 N–H and O–H groups in total. The standard InChI is InChI=1S/C16H25NO2/c1-5-14-6-8-15(9-7-14)17(10-12(2)3)11-13(4)16(18)19/h6-9,12-13H,5,10-11H2,1-4H3,(H,18,19). The molecule has 0 aromatic heterocycles. The molecule has 0 aliphatic rings. The Morgan fingerprint density at radius 3 is 2.16 bits per heavy atom. The van der Waals surface area contributed by atoms with Crippen molar-refractivity contribution in [1.82, 2.24) is 0 Å². The Balaban J connectivity index is 2.85. The molecule has 0 fully saturated rings. The summed E-state index contributed by atoms with van der Waals surface area (Å²) in [5.74, 6) is -0.588. The largest absolute Gasteiger partial charge is 0.481 e. The Hall–Kier alpha value is -1.51. The Bertz CT molecular complexity index is 398. The second-order valence-electron chi connectivity index (χ2n) is 5.56. The van der Waals surface area contributed by atoms with E-state index < -0.39 is 5.97 Å². The number of anilines is 1. The van der Waals surface area contributed by atoms with Gasteiger partial charge in [0.25, 0.3) is 0 Å². The van der Waals surface area contributed by atoms with Crippen LogP contribution in [-0.4, -0.2) is 24.2 Å². The molecule has 1 unspecified atom stereocenters. The van der Waals surface area contributed by atoms with E-state index in [0.717, 1.165) is 18.7 Å². The van der Waals surface area contributed by atoms with Crippen molar-refractivity contribution in [3.8, 4) is 0 Å². The zero-order valence-electron chi connectivity index (χ0n) is 12.4. The van der Waals surface area contributed by atoms with E-state index in [1.54, 1.807) is 6.92 Å². The highest BCUT2D eigenvalue weighted by atomic mass is 16.4. The van der Waals surface area contributed by atoms with Crippen molar-refractivity contribution in [2.75, 3.05) is 18.0 Å². The van der Waals surface area contributed by atoms with E-state index in [0.29, 0.717) is 12.5 Å². The van der Waals surface area contributed by atoms with E-state index in [1.165, 1.54) is 5.56 Å². The Kier molecular flexibility index (Phi) is 5.87. The van der Waals surface area contributed by atoms with E-state index in [-0.39, 0.29) is 5.92 Å². The number of rotatable bonds is 7. The molecule has 19 heavy (non-hydrogen) atoms. The summed E-state index contributed by atoms with van der Waals surface area (Å²) in [6.45, 7) is 9.63. The average Bonchev–Trinajstić information content (AvgIpc) is 2.37. The highest BCUT2D eigenvalue weighted by Crippen LogP contribution is 2.19. The van der Waals surface area contributed by atoms with Crippen LogP contribution in [-0.2, 0) is 11.2 Å². The van der Waals surface area contributed by atoms with Crippen LogP contribution in [0, 0.1) is 11.8 Å². The zero-order chi connectivity index (χ0) is 14.4. The van der Waals surface area contributed by atoms with Crippen LogP contribution in [0.3, 0.4) is 0 Å². The second-order valence-corrected chi connectivity index (χ2v) is 5.56. The topological polar surface area (TPSA) is 40.5 Å². The van der Waals surface area contributed by atoms with Crippen molar-refractivity contribution in [1.29, 1.82) is 0 Å². The maximum absolute atomic E-state index is 11.0. The molecule has 3 heteroatoms. The molecule has 0 saturated heterocycles. The Labute approximate surface area is 116 Å². The first-order valence-electron chi connectivity index (χ1n) is 7.00. The van der Waals surface area contributed by atoms with Crippen LogP contribution < -0.4 is 4.90 Å². The van der Waals surface area contributed by atoms with Gasteiger partial charge in [-0.05, 0) is 30.0 Å². The number of hydrogen-bond acceptors (Lipinski definition) is 2. The lowest BCUT2D eigenvalue weighted by Crippen LogP contribution is -2.34. The number of hydrogen-bond donors (Lipinski definition) is 1.